The molecule has 0 atom stereocenters. The monoisotopic (exact) mass is 422 g/mol. The van der Waals surface area contributed by atoms with E-state index < -0.39 is 0 Å². The Morgan fingerprint density at radius 1 is 0.871 bits per heavy atom. The number of nitrogens with zero attached hydrogens (tertiary/aromatic N) is 2. The van der Waals surface area contributed by atoms with Gasteiger partial charge in [0, 0.05) is 6.42 Å². The van der Waals surface area contributed by atoms with Gasteiger partial charge in [-0.1, -0.05) is 36.0 Å². The van der Waals surface area contributed by atoms with Crippen LogP contribution < -0.4 is 0 Å². The SMILES string of the molecule is CC#CC#Cc1ccc(C#CCCOC(=O)c2ccc(N=Nc3ccccc3)cc2)s1. The molecule has 0 aliphatic rings. The molecule has 0 aliphatic carbocycles. The number of azo groups is 1. The summed E-state index contributed by atoms with van der Waals surface area (Å²) in [6, 6.07) is 20.1. The number of ether oxygens (including phenoxy) is 1. The van der Waals surface area contributed by atoms with Crippen molar-refractivity contribution in [2.45, 2.75) is 13.3 Å². The van der Waals surface area contributed by atoms with Gasteiger partial charge < -0.3 is 4.74 Å². The topological polar surface area (TPSA) is 51.0 Å². The first-order valence-corrected chi connectivity index (χ1v) is 10.3. The molecule has 2 aromatic carbocycles. The highest BCUT2D eigenvalue weighted by atomic mass is 32.1. The van der Waals surface area contributed by atoms with Crippen LogP contribution in [0.4, 0.5) is 11.4 Å². The second-order valence-corrected chi connectivity index (χ2v) is 7.14. The fourth-order valence-corrected chi connectivity index (χ4v) is 3.06. The minimum absolute atomic E-state index is 0.228. The number of rotatable bonds is 5. The molecule has 150 valence electrons. The first-order valence-electron chi connectivity index (χ1n) is 9.50. The molecule has 4 nitrogen and oxygen atoms in total. The van der Waals surface area contributed by atoms with Gasteiger partial charge in [0.25, 0.3) is 0 Å². The largest absolute Gasteiger partial charge is 0.461 e. The van der Waals surface area contributed by atoms with E-state index in [9.17, 15) is 4.79 Å². The van der Waals surface area contributed by atoms with Crippen LogP contribution in [0.25, 0.3) is 0 Å². The standard InChI is InChI=1S/C26H18N2O2S/c1-2-3-5-12-24-18-19-25(31-24)13-8-9-20-30-26(29)21-14-16-23(17-15-21)28-27-22-10-6-4-7-11-22/h4,6-7,10-11,14-19H,9,20H2,1H3. The van der Waals surface area contributed by atoms with Gasteiger partial charge in [0.15, 0.2) is 0 Å². The minimum Gasteiger partial charge on any atom is -0.461 e. The summed E-state index contributed by atoms with van der Waals surface area (Å²) in [5.41, 5.74) is 1.89. The van der Waals surface area contributed by atoms with Crippen molar-refractivity contribution >= 4 is 28.7 Å². The summed E-state index contributed by atoms with van der Waals surface area (Å²) in [4.78, 5) is 14.0. The first kappa shape index (κ1) is 21.6. The third-order valence-corrected chi connectivity index (χ3v) is 4.71. The van der Waals surface area contributed by atoms with Crippen molar-refractivity contribution in [1.82, 2.24) is 0 Å². The van der Waals surface area contributed by atoms with Gasteiger partial charge in [-0.3, -0.25) is 0 Å². The Kier molecular flexibility index (Phi) is 8.21. The van der Waals surface area contributed by atoms with E-state index in [1.807, 2.05) is 42.5 Å². The normalized spacial score (nSPS) is 9.58. The van der Waals surface area contributed by atoms with Gasteiger partial charge in [-0.25, -0.2) is 4.79 Å². The van der Waals surface area contributed by atoms with Crippen LogP contribution in [-0.4, -0.2) is 12.6 Å². The van der Waals surface area contributed by atoms with Crippen LogP contribution in [0.2, 0.25) is 0 Å². The molecular weight excluding hydrogens is 404 g/mol. The van der Waals surface area contributed by atoms with Gasteiger partial charge in [-0.2, -0.15) is 10.2 Å². The molecule has 0 saturated carbocycles. The van der Waals surface area contributed by atoms with Crippen molar-refractivity contribution in [2.75, 3.05) is 6.61 Å². The lowest BCUT2D eigenvalue weighted by molar-refractivity contribution is 0.0513. The van der Waals surface area contributed by atoms with Crippen LogP contribution in [0.1, 0.15) is 33.5 Å². The average molecular weight is 423 g/mol. The van der Waals surface area contributed by atoms with E-state index in [2.05, 4.69) is 45.8 Å². The average Bonchev–Trinajstić information content (AvgIpc) is 3.26. The van der Waals surface area contributed by atoms with Crippen molar-refractivity contribution in [3.8, 4) is 35.5 Å². The van der Waals surface area contributed by atoms with Crippen LogP contribution in [0, 0.1) is 35.5 Å². The summed E-state index contributed by atoms with van der Waals surface area (Å²) < 4.78 is 5.28. The quantitative estimate of drug-likeness (QED) is 0.215. The molecule has 1 aromatic heterocycles. The maximum Gasteiger partial charge on any atom is 0.338 e. The van der Waals surface area contributed by atoms with E-state index in [0.29, 0.717) is 17.7 Å². The maximum absolute atomic E-state index is 12.1. The molecule has 1 heterocycles. The van der Waals surface area contributed by atoms with Crippen molar-refractivity contribution in [3.63, 3.8) is 0 Å². The molecule has 0 spiro atoms. The zero-order valence-electron chi connectivity index (χ0n) is 16.9. The Morgan fingerprint density at radius 2 is 1.55 bits per heavy atom. The number of carbonyl (C=O) groups excluding carboxylic acids is 1. The summed E-state index contributed by atoms with van der Waals surface area (Å²) in [6.45, 7) is 1.98. The smallest absolute Gasteiger partial charge is 0.338 e. The van der Waals surface area contributed by atoms with Crippen molar-refractivity contribution < 1.29 is 9.53 Å². The third kappa shape index (κ3) is 7.33. The van der Waals surface area contributed by atoms with Gasteiger partial charge in [0.2, 0.25) is 0 Å². The molecule has 0 amide bonds. The molecule has 0 aliphatic heterocycles. The molecule has 0 N–H and O–H groups in total. The third-order valence-electron chi connectivity index (χ3n) is 3.79. The van der Waals surface area contributed by atoms with E-state index in [0.717, 1.165) is 15.4 Å². The molecule has 5 heteroatoms. The molecule has 31 heavy (non-hydrogen) atoms. The second kappa shape index (κ2) is 11.8. The van der Waals surface area contributed by atoms with Crippen molar-refractivity contribution in [3.05, 3.63) is 82.0 Å². The highest BCUT2D eigenvalue weighted by Crippen LogP contribution is 2.18. The number of hydrogen-bond acceptors (Lipinski definition) is 5. The van der Waals surface area contributed by atoms with E-state index >= 15 is 0 Å². The zero-order valence-corrected chi connectivity index (χ0v) is 17.7. The van der Waals surface area contributed by atoms with Gasteiger partial charge in [0.05, 0.1) is 26.7 Å². The summed E-state index contributed by atoms with van der Waals surface area (Å²) in [5.74, 6) is 16.8. The van der Waals surface area contributed by atoms with E-state index in [-0.39, 0.29) is 12.6 Å². The van der Waals surface area contributed by atoms with Gasteiger partial charge in [0.1, 0.15) is 6.61 Å². The fourth-order valence-electron chi connectivity index (χ4n) is 2.33. The highest BCUT2D eigenvalue weighted by molar-refractivity contribution is 7.13. The number of benzene rings is 2. The molecule has 0 bridgehead atoms. The van der Waals surface area contributed by atoms with Crippen molar-refractivity contribution in [1.29, 1.82) is 0 Å². The van der Waals surface area contributed by atoms with Crippen LogP contribution in [-0.2, 0) is 4.74 Å². The molecule has 3 rings (SSSR count). The molecular formula is C26H18N2O2S. The van der Waals surface area contributed by atoms with Crippen LogP contribution in [0.3, 0.4) is 0 Å². The Balaban J connectivity index is 1.45. The Labute approximate surface area is 186 Å². The highest BCUT2D eigenvalue weighted by Gasteiger charge is 2.06. The van der Waals surface area contributed by atoms with Crippen LogP contribution >= 0.6 is 11.3 Å². The van der Waals surface area contributed by atoms with Crippen LogP contribution in [0.15, 0.2) is 77.0 Å². The zero-order chi connectivity index (χ0) is 21.7. The fraction of sp³-hybridized carbons (Fsp3) is 0.115. The van der Waals surface area contributed by atoms with Gasteiger partial charge in [-0.05, 0) is 73.2 Å². The number of esters is 1. The van der Waals surface area contributed by atoms with Crippen molar-refractivity contribution in [2.24, 2.45) is 10.2 Å². The van der Waals surface area contributed by atoms with E-state index in [1.165, 1.54) is 11.3 Å². The number of hydrogen-bond donors (Lipinski definition) is 0. The lowest BCUT2D eigenvalue weighted by Gasteiger charge is -2.02. The van der Waals surface area contributed by atoms with Gasteiger partial charge in [-0.15, -0.1) is 11.3 Å². The number of thiophene rings is 1. The first-order chi connectivity index (χ1) is 15.2. The van der Waals surface area contributed by atoms with E-state index in [4.69, 9.17) is 4.74 Å². The van der Waals surface area contributed by atoms with Gasteiger partial charge >= 0.3 is 5.97 Å². The lowest BCUT2D eigenvalue weighted by atomic mass is 10.2. The summed E-state index contributed by atoms with van der Waals surface area (Å²) in [5, 5.41) is 8.30. The maximum atomic E-state index is 12.1. The number of carbonyl (C=O) groups is 1. The van der Waals surface area contributed by atoms with Crippen LogP contribution in [0.5, 0.6) is 0 Å². The predicted octanol–water partition coefficient (Wildman–Crippen LogP) is 6.14. The Morgan fingerprint density at radius 3 is 2.26 bits per heavy atom. The Hall–Kier alpha value is -4.11. The minimum atomic E-state index is -0.390. The molecule has 0 unspecified atom stereocenters. The molecule has 3 aromatic rings. The summed E-state index contributed by atoms with van der Waals surface area (Å²) >= 11 is 1.51. The molecule has 0 fully saturated rings. The lowest BCUT2D eigenvalue weighted by Crippen LogP contribution is -2.05. The van der Waals surface area contributed by atoms with E-state index in [1.54, 1.807) is 31.2 Å². The summed E-state index contributed by atoms with van der Waals surface area (Å²) in [6.07, 6.45) is 0.454. The molecule has 0 radical (unpaired) electrons. The molecule has 0 saturated heterocycles. The second-order valence-electron chi connectivity index (χ2n) is 6.06. The Bertz CT molecular complexity index is 1240. The summed E-state index contributed by atoms with van der Waals surface area (Å²) in [7, 11) is 0. The predicted molar refractivity (Wildman–Crippen MR) is 123 cm³/mol.